The average Bonchev–Trinajstić information content (AvgIpc) is 2.91. The van der Waals surface area contributed by atoms with Gasteiger partial charge < -0.3 is 14.6 Å². The molecule has 2 aromatic heterocycles. The Labute approximate surface area is 221 Å². The van der Waals surface area contributed by atoms with Crippen molar-refractivity contribution in [3.63, 3.8) is 0 Å². The molecule has 38 heavy (non-hydrogen) atoms. The molecule has 0 atom stereocenters. The van der Waals surface area contributed by atoms with Crippen molar-refractivity contribution in [3.8, 4) is 34.2 Å². The molecule has 2 aromatic carbocycles. The van der Waals surface area contributed by atoms with Gasteiger partial charge in [0, 0.05) is 18.8 Å². The van der Waals surface area contributed by atoms with Gasteiger partial charge in [-0.3, -0.25) is 14.3 Å². The zero-order valence-corrected chi connectivity index (χ0v) is 22.4. The van der Waals surface area contributed by atoms with E-state index in [1.165, 1.54) is 30.9 Å². The molecule has 0 fully saturated rings. The van der Waals surface area contributed by atoms with E-state index in [0.717, 1.165) is 23.1 Å². The zero-order valence-electron chi connectivity index (χ0n) is 21.6. The maximum Gasteiger partial charge on any atom is 0.296 e. The van der Waals surface area contributed by atoms with Crippen LogP contribution in [-0.2, 0) is 16.3 Å². The molecule has 4 rings (SSSR count). The van der Waals surface area contributed by atoms with Crippen LogP contribution in [-0.4, -0.2) is 42.3 Å². The summed E-state index contributed by atoms with van der Waals surface area (Å²) in [4.78, 5) is 20.4. The molecule has 2 heterocycles. The van der Waals surface area contributed by atoms with Crippen molar-refractivity contribution in [2.24, 2.45) is 0 Å². The third-order valence-corrected chi connectivity index (χ3v) is 8.03. The first-order valence-corrected chi connectivity index (χ1v) is 13.5. The molecular weight excluding hydrogens is 506 g/mol. The van der Waals surface area contributed by atoms with E-state index >= 15 is 0 Å². The summed E-state index contributed by atoms with van der Waals surface area (Å²) < 4.78 is 39.7. The van der Waals surface area contributed by atoms with E-state index in [1.807, 2.05) is 19.9 Å². The molecule has 0 radical (unpaired) electrons. The highest BCUT2D eigenvalue weighted by Crippen LogP contribution is 2.38. The molecular formula is C28H29N3O6S. The van der Waals surface area contributed by atoms with Crippen LogP contribution in [0.4, 0.5) is 0 Å². The Morgan fingerprint density at radius 3 is 2.24 bits per heavy atom. The topological polar surface area (TPSA) is 121 Å². The smallest absolute Gasteiger partial charge is 0.296 e. The van der Waals surface area contributed by atoms with Gasteiger partial charge in [-0.1, -0.05) is 31.5 Å². The monoisotopic (exact) mass is 535 g/mol. The van der Waals surface area contributed by atoms with Gasteiger partial charge in [-0.05, 0) is 60.4 Å². The fraction of sp³-hybridized carbons (Fsp3) is 0.250. The number of para-hydroxylation sites is 1. The van der Waals surface area contributed by atoms with Gasteiger partial charge in [-0.15, -0.1) is 0 Å². The van der Waals surface area contributed by atoms with Crippen molar-refractivity contribution in [2.45, 2.75) is 42.9 Å². The summed E-state index contributed by atoms with van der Waals surface area (Å²) in [5.74, 6) is 0.0547. The molecule has 0 aliphatic rings. The molecule has 0 amide bonds. The van der Waals surface area contributed by atoms with Gasteiger partial charge in [0.2, 0.25) is 15.7 Å². The fourth-order valence-electron chi connectivity index (χ4n) is 4.29. The second kappa shape index (κ2) is 11.1. The fourth-order valence-corrected chi connectivity index (χ4v) is 5.63. The Morgan fingerprint density at radius 2 is 1.66 bits per heavy atom. The minimum Gasteiger partial charge on any atom is -0.494 e. The highest BCUT2D eigenvalue weighted by Gasteiger charge is 2.31. The first-order chi connectivity index (χ1) is 18.2. The van der Waals surface area contributed by atoms with Gasteiger partial charge in [0.1, 0.15) is 23.0 Å². The Hall–Kier alpha value is -4.18. The number of unbranched alkanes of at least 4 members (excludes halogenated alkanes) is 1. The van der Waals surface area contributed by atoms with Crippen LogP contribution in [0.3, 0.4) is 0 Å². The molecule has 1 N–H and O–H groups in total. The van der Waals surface area contributed by atoms with Crippen LogP contribution >= 0.6 is 0 Å². The summed E-state index contributed by atoms with van der Waals surface area (Å²) in [6.07, 6.45) is 5.15. The van der Waals surface area contributed by atoms with Crippen molar-refractivity contribution < 1.29 is 23.0 Å². The number of aromatic hydroxyl groups is 1. The number of benzene rings is 2. The summed E-state index contributed by atoms with van der Waals surface area (Å²) in [7, 11) is -1.57. The number of hydrogen-bond donors (Lipinski definition) is 1. The van der Waals surface area contributed by atoms with Crippen LogP contribution < -0.4 is 15.0 Å². The number of nitrogens with zero attached hydrogens (tertiary/aromatic N) is 3. The highest BCUT2D eigenvalue weighted by atomic mass is 32.2. The Bertz CT molecular complexity index is 1610. The van der Waals surface area contributed by atoms with E-state index in [9.17, 15) is 18.3 Å². The van der Waals surface area contributed by atoms with E-state index < -0.39 is 26.2 Å². The first-order valence-electron chi connectivity index (χ1n) is 12.1. The van der Waals surface area contributed by atoms with Crippen LogP contribution in [0, 0.1) is 6.92 Å². The second-order valence-corrected chi connectivity index (χ2v) is 10.5. The third-order valence-electron chi connectivity index (χ3n) is 6.24. The Balaban J connectivity index is 1.93. The number of rotatable bonds is 9. The van der Waals surface area contributed by atoms with Gasteiger partial charge in [0.05, 0.1) is 19.1 Å². The standard InChI is InChI=1S/C28H29N3O6S/c1-5-6-10-24-30-27(32)26(28(33)31(24)25-22(36-3)8-7-9-23(25)37-4)38(34,35)20-13-11-19(12-14-20)21-15-16-29-17-18(21)2/h7-9,11-17,33H,5-6,10H2,1-4H3. The van der Waals surface area contributed by atoms with Crippen LogP contribution in [0.5, 0.6) is 17.4 Å². The van der Waals surface area contributed by atoms with Gasteiger partial charge in [-0.2, -0.15) is 4.98 Å². The summed E-state index contributed by atoms with van der Waals surface area (Å²) in [6, 6.07) is 12.9. The highest BCUT2D eigenvalue weighted by molar-refractivity contribution is 7.91. The molecule has 0 bridgehead atoms. The molecule has 0 saturated carbocycles. The predicted octanol–water partition coefficient (Wildman–Crippen LogP) is 4.50. The van der Waals surface area contributed by atoms with E-state index in [0.29, 0.717) is 24.3 Å². The average molecular weight is 536 g/mol. The lowest BCUT2D eigenvalue weighted by Gasteiger charge is -2.21. The molecule has 4 aromatic rings. The molecule has 0 aliphatic heterocycles. The second-order valence-electron chi connectivity index (χ2n) is 8.65. The summed E-state index contributed by atoms with van der Waals surface area (Å²) in [5.41, 5.74) is 1.83. The number of sulfone groups is 1. The van der Waals surface area contributed by atoms with E-state index in [-0.39, 0.29) is 16.4 Å². The molecule has 9 nitrogen and oxygen atoms in total. The van der Waals surface area contributed by atoms with Crippen molar-refractivity contribution in [2.75, 3.05) is 14.2 Å². The molecule has 0 aliphatic carbocycles. The van der Waals surface area contributed by atoms with Crippen molar-refractivity contribution in [1.82, 2.24) is 14.5 Å². The minimum atomic E-state index is -4.46. The van der Waals surface area contributed by atoms with Gasteiger partial charge in [0.25, 0.3) is 5.56 Å². The Kier molecular flexibility index (Phi) is 7.82. The van der Waals surface area contributed by atoms with Crippen molar-refractivity contribution in [3.05, 3.63) is 82.7 Å². The molecule has 0 saturated heterocycles. The Morgan fingerprint density at radius 1 is 1.00 bits per heavy atom. The van der Waals surface area contributed by atoms with Crippen LogP contribution in [0.15, 0.2) is 75.5 Å². The van der Waals surface area contributed by atoms with E-state index in [1.54, 1.807) is 42.7 Å². The number of ether oxygens (including phenoxy) is 2. The lowest BCUT2D eigenvalue weighted by atomic mass is 10.0. The minimum absolute atomic E-state index is 0.151. The third kappa shape index (κ3) is 4.87. The number of methoxy groups -OCH3 is 2. The zero-order chi connectivity index (χ0) is 27.4. The van der Waals surface area contributed by atoms with E-state index in [2.05, 4.69) is 9.97 Å². The molecule has 10 heteroatoms. The summed E-state index contributed by atoms with van der Waals surface area (Å²) in [6.45, 7) is 3.88. The SMILES string of the molecule is CCCCc1nc(=O)c(S(=O)(=O)c2ccc(-c3ccncc3C)cc2)c(O)n1-c1c(OC)cccc1OC. The molecule has 0 spiro atoms. The summed E-state index contributed by atoms with van der Waals surface area (Å²) >= 11 is 0. The molecule has 198 valence electrons. The first kappa shape index (κ1) is 26.9. The van der Waals surface area contributed by atoms with E-state index in [4.69, 9.17) is 9.47 Å². The van der Waals surface area contributed by atoms with Crippen molar-refractivity contribution >= 4 is 9.84 Å². The van der Waals surface area contributed by atoms with Crippen LogP contribution in [0.25, 0.3) is 16.8 Å². The van der Waals surface area contributed by atoms with Crippen LogP contribution in [0.1, 0.15) is 31.2 Å². The number of pyridine rings is 1. The van der Waals surface area contributed by atoms with Crippen LogP contribution in [0.2, 0.25) is 0 Å². The maximum absolute atomic E-state index is 13.7. The van der Waals surface area contributed by atoms with Gasteiger partial charge >= 0.3 is 0 Å². The van der Waals surface area contributed by atoms with Gasteiger partial charge in [0.15, 0.2) is 4.90 Å². The summed E-state index contributed by atoms with van der Waals surface area (Å²) in [5, 5.41) is 11.4. The lowest BCUT2D eigenvalue weighted by Crippen LogP contribution is -2.25. The maximum atomic E-state index is 13.7. The number of hydrogen-bond acceptors (Lipinski definition) is 8. The number of aryl methyl sites for hydroxylation is 2. The molecule has 0 unspecified atom stereocenters. The van der Waals surface area contributed by atoms with Crippen molar-refractivity contribution in [1.29, 1.82) is 0 Å². The van der Waals surface area contributed by atoms with Gasteiger partial charge in [-0.25, -0.2) is 8.42 Å². The lowest BCUT2D eigenvalue weighted by molar-refractivity contribution is 0.374. The normalized spacial score (nSPS) is 11.4. The predicted molar refractivity (Wildman–Crippen MR) is 143 cm³/mol. The largest absolute Gasteiger partial charge is 0.494 e. The number of aromatic nitrogens is 3. The quantitative estimate of drug-likeness (QED) is 0.333.